The fourth-order valence-electron chi connectivity index (χ4n) is 2.04. The molecule has 0 amide bonds. The second kappa shape index (κ2) is 5.35. The molecule has 2 rings (SSSR count). The monoisotopic (exact) mass is 215 g/mol. The Kier molecular flexibility index (Phi) is 4.10. The summed E-state index contributed by atoms with van der Waals surface area (Å²) in [4.78, 5) is 2.40. The van der Waals surface area contributed by atoms with Crippen molar-refractivity contribution in [1.29, 1.82) is 0 Å². The minimum absolute atomic E-state index is 0.733. The molecule has 2 fully saturated rings. The molecule has 1 unspecified atom stereocenters. The van der Waals surface area contributed by atoms with E-state index >= 15 is 0 Å². The average Bonchev–Trinajstić information content (AvgIpc) is 2.23. The highest BCUT2D eigenvalue weighted by molar-refractivity contribution is 7.99. The minimum atomic E-state index is 0.733. The molecule has 1 atom stereocenters. The highest BCUT2D eigenvalue weighted by atomic mass is 32.2. The minimum Gasteiger partial charge on any atom is -0.304 e. The Morgan fingerprint density at radius 2 is 2.00 bits per heavy atom. The average molecular weight is 215 g/mol. The molecule has 0 aromatic carbocycles. The van der Waals surface area contributed by atoms with Gasteiger partial charge >= 0.3 is 0 Å². The summed E-state index contributed by atoms with van der Waals surface area (Å²) >= 11 is 2.09. The lowest BCUT2D eigenvalue weighted by Gasteiger charge is -2.36. The first-order valence-electron chi connectivity index (χ1n) is 5.62. The smallest absolute Gasteiger partial charge is 0.0306 e. The van der Waals surface area contributed by atoms with E-state index < -0.39 is 0 Å². The van der Waals surface area contributed by atoms with Gasteiger partial charge in [0.2, 0.25) is 0 Å². The Bertz CT molecular complexity index is 163. The summed E-state index contributed by atoms with van der Waals surface area (Å²) in [5.74, 6) is 2.66. The SMILES string of the molecule is CN1CCN(NC2CCCSC2)CC1. The molecule has 1 N–H and O–H groups in total. The number of rotatable bonds is 2. The van der Waals surface area contributed by atoms with Crippen LogP contribution in [-0.4, -0.2) is 60.7 Å². The summed E-state index contributed by atoms with van der Waals surface area (Å²) in [5, 5.41) is 2.41. The molecule has 0 aliphatic carbocycles. The van der Waals surface area contributed by atoms with Crippen LogP contribution in [0.4, 0.5) is 0 Å². The summed E-state index contributed by atoms with van der Waals surface area (Å²) < 4.78 is 0. The second-order valence-electron chi connectivity index (χ2n) is 4.33. The van der Waals surface area contributed by atoms with Crippen LogP contribution in [0, 0.1) is 0 Å². The van der Waals surface area contributed by atoms with Gasteiger partial charge in [-0.15, -0.1) is 0 Å². The van der Waals surface area contributed by atoms with Crippen LogP contribution < -0.4 is 5.43 Å². The molecular formula is C10H21N3S. The molecule has 14 heavy (non-hydrogen) atoms. The molecule has 3 nitrogen and oxygen atoms in total. The standard InChI is InChI=1S/C10H21N3S/c1-12-4-6-13(7-5-12)11-10-3-2-8-14-9-10/h10-11H,2-9H2,1H3. The van der Waals surface area contributed by atoms with Gasteiger partial charge in [0.25, 0.3) is 0 Å². The number of nitrogens with one attached hydrogen (secondary N) is 1. The van der Waals surface area contributed by atoms with Crippen LogP contribution in [0.2, 0.25) is 0 Å². The van der Waals surface area contributed by atoms with Crippen molar-refractivity contribution in [2.24, 2.45) is 0 Å². The molecule has 2 aliphatic heterocycles. The number of hydrogen-bond donors (Lipinski definition) is 1. The molecule has 0 aromatic rings. The lowest BCUT2D eigenvalue weighted by atomic mass is 10.2. The maximum Gasteiger partial charge on any atom is 0.0306 e. The third-order valence-electron chi connectivity index (χ3n) is 3.03. The summed E-state index contributed by atoms with van der Waals surface area (Å²) in [5.41, 5.74) is 3.66. The Morgan fingerprint density at radius 1 is 1.21 bits per heavy atom. The van der Waals surface area contributed by atoms with Gasteiger partial charge in [-0.3, -0.25) is 5.43 Å². The first-order chi connectivity index (χ1) is 6.84. The van der Waals surface area contributed by atoms with Gasteiger partial charge in [-0.1, -0.05) is 0 Å². The van der Waals surface area contributed by atoms with Crippen LogP contribution in [-0.2, 0) is 0 Å². The van der Waals surface area contributed by atoms with Gasteiger partial charge in [0.05, 0.1) is 0 Å². The molecule has 2 aliphatic rings. The summed E-state index contributed by atoms with van der Waals surface area (Å²) in [6.45, 7) is 4.76. The van der Waals surface area contributed by atoms with Crippen LogP contribution in [0.3, 0.4) is 0 Å². The van der Waals surface area contributed by atoms with E-state index in [9.17, 15) is 0 Å². The van der Waals surface area contributed by atoms with Gasteiger partial charge in [-0.2, -0.15) is 11.8 Å². The molecule has 82 valence electrons. The highest BCUT2D eigenvalue weighted by Gasteiger charge is 2.19. The van der Waals surface area contributed by atoms with Gasteiger partial charge in [0.1, 0.15) is 0 Å². The Hall–Kier alpha value is 0.230. The van der Waals surface area contributed by atoms with Gasteiger partial charge in [0.15, 0.2) is 0 Å². The van der Waals surface area contributed by atoms with E-state index in [-0.39, 0.29) is 0 Å². The Labute approximate surface area is 91.2 Å². The fourth-order valence-corrected chi connectivity index (χ4v) is 3.10. The Balaban J connectivity index is 1.68. The van der Waals surface area contributed by atoms with Crippen molar-refractivity contribution in [3.05, 3.63) is 0 Å². The van der Waals surface area contributed by atoms with E-state index in [4.69, 9.17) is 0 Å². The van der Waals surface area contributed by atoms with Gasteiger partial charge in [0, 0.05) is 38.0 Å². The number of thioether (sulfide) groups is 1. The molecule has 0 aromatic heterocycles. The number of likely N-dealkylation sites (N-methyl/N-ethyl adjacent to an activating group) is 1. The molecule has 0 saturated carbocycles. The van der Waals surface area contributed by atoms with E-state index in [0.717, 1.165) is 6.04 Å². The zero-order valence-electron chi connectivity index (χ0n) is 9.04. The van der Waals surface area contributed by atoms with Crippen LogP contribution in [0.15, 0.2) is 0 Å². The first-order valence-corrected chi connectivity index (χ1v) is 6.77. The van der Waals surface area contributed by atoms with E-state index in [1.807, 2.05) is 0 Å². The van der Waals surface area contributed by atoms with Gasteiger partial charge in [-0.05, 0) is 25.6 Å². The second-order valence-corrected chi connectivity index (χ2v) is 5.48. The molecular weight excluding hydrogens is 194 g/mol. The topological polar surface area (TPSA) is 18.5 Å². The largest absolute Gasteiger partial charge is 0.304 e. The molecule has 4 heteroatoms. The third-order valence-corrected chi connectivity index (χ3v) is 4.24. The van der Waals surface area contributed by atoms with Crippen molar-refractivity contribution < 1.29 is 0 Å². The summed E-state index contributed by atoms with van der Waals surface area (Å²) in [7, 11) is 2.20. The molecule has 0 radical (unpaired) electrons. The van der Waals surface area contributed by atoms with E-state index in [1.54, 1.807) is 0 Å². The normalized spacial score (nSPS) is 31.9. The lowest BCUT2D eigenvalue weighted by Crippen LogP contribution is -2.54. The maximum absolute atomic E-state index is 3.66. The molecule has 0 bridgehead atoms. The number of hydrogen-bond acceptors (Lipinski definition) is 4. The van der Waals surface area contributed by atoms with E-state index in [1.165, 1.54) is 50.5 Å². The molecule has 0 spiro atoms. The zero-order chi connectivity index (χ0) is 9.80. The number of nitrogens with zero attached hydrogens (tertiary/aromatic N) is 2. The third kappa shape index (κ3) is 3.12. The van der Waals surface area contributed by atoms with Crippen molar-refractivity contribution >= 4 is 11.8 Å². The fraction of sp³-hybridized carbons (Fsp3) is 1.00. The summed E-state index contributed by atoms with van der Waals surface area (Å²) in [6, 6.07) is 0.733. The predicted molar refractivity (Wildman–Crippen MR) is 62.6 cm³/mol. The zero-order valence-corrected chi connectivity index (χ0v) is 9.85. The first kappa shape index (κ1) is 10.7. The van der Waals surface area contributed by atoms with Crippen molar-refractivity contribution in [3.8, 4) is 0 Å². The lowest BCUT2D eigenvalue weighted by molar-refractivity contribution is 0.0885. The van der Waals surface area contributed by atoms with Crippen LogP contribution >= 0.6 is 11.8 Å². The van der Waals surface area contributed by atoms with E-state index in [2.05, 4.69) is 34.1 Å². The van der Waals surface area contributed by atoms with Gasteiger partial charge < -0.3 is 4.90 Å². The highest BCUT2D eigenvalue weighted by Crippen LogP contribution is 2.17. The van der Waals surface area contributed by atoms with Crippen molar-refractivity contribution in [3.63, 3.8) is 0 Å². The van der Waals surface area contributed by atoms with Crippen LogP contribution in [0.1, 0.15) is 12.8 Å². The van der Waals surface area contributed by atoms with Crippen LogP contribution in [0.5, 0.6) is 0 Å². The number of hydrazine groups is 1. The van der Waals surface area contributed by atoms with Crippen molar-refractivity contribution in [2.75, 3.05) is 44.7 Å². The van der Waals surface area contributed by atoms with Crippen molar-refractivity contribution in [2.45, 2.75) is 18.9 Å². The molecule has 2 saturated heterocycles. The Morgan fingerprint density at radius 3 is 2.64 bits per heavy atom. The van der Waals surface area contributed by atoms with Gasteiger partial charge in [-0.25, -0.2) is 5.01 Å². The van der Waals surface area contributed by atoms with Crippen LogP contribution in [0.25, 0.3) is 0 Å². The number of piperazine rings is 1. The maximum atomic E-state index is 3.66. The van der Waals surface area contributed by atoms with Crippen molar-refractivity contribution in [1.82, 2.24) is 15.3 Å². The van der Waals surface area contributed by atoms with E-state index in [0.29, 0.717) is 0 Å². The molecule has 2 heterocycles. The predicted octanol–water partition coefficient (Wildman–Crippen LogP) is 0.634. The summed E-state index contributed by atoms with van der Waals surface area (Å²) in [6.07, 6.45) is 2.75. The quantitative estimate of drug-likeness (QED) is 0.728.